The number of morpholine rings is 1. The van der Waals surface area contributed by atoms with Crippen LogP contribution in [0.3, 0.4) is 0 Å². The third-order valence-electron chi connectivity index (χ3n) is 9.78. The molecule has 1 saturated carbocycles. The molecule has 2 aromatic carbocycles. The van der Waals surface area contributed by atoms with Crippen LogP contribution in [0.4, 0.5) is 14.6 Å². The van der Waals surface area contributed by atoms with Crippen molar-refractivity contribution in [2.24, 2.45) is 5.41 Å². The standard InChI is InChI=1S/C37H39F2N7O4/c1-4-26-29(38)7-6-23-16-25(47)17-27(31(23)26)33-32(39)34-28(18-40-33)35(46-11-10-44(3)19-24(20-46)41-30(48)5-2)43-36(42-34)50-22-37(8-9-37)21-45-12-14-49-15-13-45/h1,5-7,16-18,24,47H,2,8-15,19-22H2,3H3,(H,41,48). The van der Waals surface area contributed by atoms with Gasteiger partial charge in [-0.1, -0.05) is 18.6 Å². The van der Waals surface area contributed by atoms with Gasteiger partial charge in [-0.25, -0.2) is 8.78 Å². The number of benzene rings is 2. The SMILES string of the molecule is C#Cc1c(F)ccc2cc(O)cc(-c3ncc4c(N5CCN(C)CC(NC(=O)C=C)C5)nc(OCC5(CN6CCOCC6)CC5)nc4c3F)c12. The summed E-state index contributed by atoms with van der Waals surface area (Å²) in [6.45, 7) is 10.1. The lowest BCUT2D eigenvalue weighted by Gasteiger charge is -2.30. The van der Waals surface area contributed by atoms with Gasteiger partial charge in [0.2, 0.25) is 5.91 Å². The van der Waals surface area contributed by atoms with Crippen molar-refractivity contribution in [2.45, 2.75) is 18.9 Å². The van der Waals surface area contributed by atoms with Crippen molar-refractivity contribution in [3.8, 4) is 35.4 Å². The van der Waals surface area contributed by atoms with Crippen LogP contribution < -0.4 is 15.0 Å². The Kier molecular flexibility index (Phi) is 9.26. The highest BCUT2D eigenvalue weighted by Crippen LogP contribution is 2.47. The van der Waals surface area contributed by atoms with Crippen LogP contribution >= 0.6 is 0 Å². The highest BCUT2D eigenvalue weighted by atomic mass is 19.1. The first-order valence-corrected chi connectivity index (χ1v) is 16.7. The molecule has 7 rings (SSSR count). The molecular formula is C37H39F2N7O4. The number of terminal acetylenes is 1. The number of likely N-dealkylation sites (N-methyl/N-ethyl adjacent to an activating group) is 1. The monoisotopic (exact) mass is 683 g/mol. The minimum Gasteiger partial charge on any atom is -0.508 e. The van der Waals surface area contributed by atoms with Crippen LogP contribution in [0.5, 0.6) is 11.8 Å². The van der Waals surface area contributed by atoms with Crippen LogP contribution in [-0.4, -0.2) is 114 Å². The average molecular weight is 684 g/mol. The van der Waals surface area contributed by atoms with Crippen LogP contribution in [0.25, 0.3) is 32.9 Å². The fourth-order valence-corrected chi connectivity index (χ4v) is 6.96. The van der Waals surface area contributed by atoms with Crippen molar-refractivity contribution in [1.82, 2.24) is 30.1 Å². The number of hydrogen-bond donors (Lipinski definition) is 2. The molecule has 1 amide bonds. The first-order valence-electron chi connectivity index (χ1n) is 16.7. The van der Waals surface area contributed by atoms with E-state index in [0.29, 0.717) is 62.6 Å². The fraction of sp³-hybridized carbons (Fsp3) is 0.405. The second kappa shape index (κ2) is 13.8. The number of pyridine rings is 1. The third-order valence-corrected chi connectivity index (χ3v) is 9.78. The number of hydrogen-bond acceptors (Lipinski definition) is 10. The number of phenolic OH excluding ortho intramolecular Hbond substituents is 1. The lowest BCUT2D eigenvalue weighted by atomic mass is 9.96. The minimum atomic E-state index is -0.798. The van der Waals surface area contributed by atoms with Gasteiger partial charge in [-0.05, 0) is 49.6 Å². The van der Waals surface area contributed by atoms with E-state index < -0.39 is 11.6 Å². The number of nitrogens with one attached hydrogen (secondary N) is 1. The van der Waals surface area contributed by atoms with Gasteiger partial charge in [0.05, 0.1) is 36.8 Å². The van der Waals surface area contributed by atoms with Crippen molar-refractivity contribution in [3.63, 3.8) is 0 Å². The summed E-state index contributed by atoms with van der Waals surface area (Å²) in [6, 6.07) is 5.17. The van der Waals surface area contributed by atoms with Gasteiger partial charge in [0, 0.05) is 68.4 Å². The molecule has 0 bridgehead atoms. The minimum absolute atomic E-state index is 0.0113. The number of aromatic hydroxyl groups is 1. The van der Waals surface area contributed by atoms with Crippen molar-refractivity contribution >= 4 is 33.4 Å². The normalized spacial score (nSPS) is 19.6. The fourth-order valence-electron chi connectivity index (χ4n) is 6.96. The molecule has 3 aliphatic rings. The number of ether oxygens (including phenoxy) is 2. The molecule has 50 heavy (non-hydrogen) atoms. The number of anilines is 1. The van der Waals surface area contributed by atoms with E-state index >= 15 is 4.39 Å². The molecule has 2 aliphatic heterocycles. The molecule has 11 nitrogen and oxygen atoms in total. The van der Waals surface area contributed by atoms with Crippen LogP contribution in [0.15, 0.2) is 43.1 Å². The van der Waals surface area contributed by atoms with Gasteiger partial charge in [0.15, 0.2) is 5.82 Å². The number of nitrogens with zero attached hydrogens (tertiary/aromatic N) is 6. The van der Waals surface area contributed by atoms with Crippen LogP contribution in [-0.2, 0) is 9.53 Å². The van der Waals surface area contributed by atoms with E-state index in [2.05, 4.69) is 37.6 Å². The zero-order chi connectivity index (χ0) is 35.0. The van der Waals surface area contributed by atoms with Crippen molar-refractivity contribution < 1.29 is 28.2 Å². The first kappa shape index (κ1) is 33.6. The van der Waals surface area contributed by atoms with E-state index in [4.69, 9.17) is 20.9 Å². The summed E-state index contributed by atoms with van der Waals surface area (Å²) >= 11 is 0. The molecule has 2 N–H and O–H groups in total. The van der Waals surface area contributed by atoms with Gasteiger partial charge in [-0.2, -0.15) is 9.97 Å². The highest BCUT2D eigenvalue weighted by Gasteiger charge is 2.45. The Morgan fingerprint density at radius 2 is 2.00 bits per heavy atom. The summed E-state index contributed by atoms with van der Waals surface area (Å²) in [5, 5.41) is 14.6. The van der Waals surface area contributed by atoms with Crippen LogP contribution in [0, 0.1) is 29.4 Å². The number of rotatable bonds is 9. The zero-order valence-corrected chi connectivity index (χ0v) is 27.9. The largest absolute Gasteiger partial charge is 0.508 e. The number of carbonyl (C=O) groups is 1. The summed E-state index contributed by atoms with van der Waals surface area (Å²) < 4.78 is 43.7. The number of amides is 1. The third kappa shape index (κ3) is 6.79. The molecule has 0 spiro atoms. The molecule has 4 aromatic rings. The summed E-state index contributed by atoms with van der Waals surface area (Å²) in [4.78, 5) is 32.7. The first-order chi connectivity index (χ1) is 24.2. The number of carbonyl (C=O) groups excluding carboxylic acids is 1. The Morgan fingerprint density at radius 3 is 2.74 bits per heavy atom. The van der Waals surface area contributed by atoms with Gasteiger partial charge in [0.25, 0.3) is 0 Å². The molecule has 2 aromatic heterocycles. The lowest BCUT2D eigenvalue weighted by molar-refractivity contribution is -0.117. The molecule has 260 valence electrons. The lowest BCUT2D eigenvalue weighted by Crippen LogP contribution is -2.46. The quantitative estimate of drug-likeness (QED) is 0.200. The maximum atomic E-state index is 17.0. The van der Waals surface area contributed by atoms with Gasteiger partial charge in [-0.3, -0.25) is 14.7 Å². The maximum Gasteiger partial charge on any atom is 0.319 e. The Morgan fingerprint density at radius 1 is 1.20 bits per heavy atom. The smallest absolute Gasteiger partial charge is 0.319 e. The zero-order valence-electron chi connectivity index (χ0n) is 27.9. The van der Waals surface area contributed by atoms with Gasteiger partial charge in [0.1, 0.15) is 28.6 Å². The van der Waals surface area contributed by atoms with E-state index in [9.17, 15) is 14.3 Å². The number of aromatic nitrogens is 3. The second-order valence-corrected chi connectivity index (χ2v) is 13.5. The summed E-state index contributed by atoms with van der Waals surface area (Å²) in [6.07, 6.45) is 10.4. The maximum absolute atomic E-state index is 17.0. The highest BCUT2D eigenvalue weighted by molar-refractivity contribution is 6.03. The van der Waals surface area contributed by atoms with Crippen molar-refractivity contribution in [1.29, 1.82) is 0 Å². The predicted molar refractivity (Wildman–Crippen MR) is 186 cm³/mol. The molecule has 1 unspecified atom stereocenters. The van der Waals surface area contributed by atoms with Crippen LogP contribution in [0.2, 0.25) is 0 Å². The molecule has 13 heteroatoms. The Labute approximate surface area is 288 Å². The van der Waals surface area contributed by atoms with Gasteiger partial charge in [-0.15, -0.1) is 6.42 Å². The van der Waals surface area contributed by atoms with Crippen molar-refractivity contribution in [3.05, 3.63) is 60.3 Å². The Hall–Kier alpha value is -4.90. The molecule has 1 atom stereocenters. The summed E-state index contributed by atoms with van der Waals surface area (Å²) in [5.74, 6) is 0.877. The summed E-state index contributed by atoms with van der Waals surface area (Å²) in [7, 11) is 1.97. The average Bonchev–Trinajstić information content (AvgIpc) is 3.91. The topological polar surface area (TPSA) is 116 Å². The van der Waals surface area contributed by atoms with E-state index in [1.807, 2.05) is 11.9 Å². The molecular weight excluding hydrogens is 644 g/mol. The van der Waals surface area contributed by atoms with E-state index in [0.717, 1.165) is 32.5 Å². The van der Waals surface area contributed by atoms with Gasteiger partial charge < -0.3 is 29.7 Å². The van der Waals surface area contributed by atoms with Gasteiger partial charge >= 0.3 is 6.01 Å². The Balaban J connectivity index is 1.33. The van der Waals surface area contributed by atoms with E-state index in [-0.39, 0.29) is 56.8 Å². The molecule has 3 fully saturated rings. The number of halogens is 2. The second-order valence-electron chi connectivity index (χ2n) is 13.5. The summed E-state index contributed by atoms with van der Waals surface area (Å²) in [5.41, 5.74) is -0.205. The molecule has 0 radical (unpaired) electrons. The van der Waals surface area contributed by atoms with Crippen molar-refractivity contribution in [2.75, 3.05) is 77.6 Å². The number of fused-ring (bicyclic) bond motifs is 2. The Bertz CT molecular complexity index is 2010. The molecule has 1 aliphatic carbocycles. The molecule has 2 saturated heterocycles. The predicted octanol–water partition coefficient (Wildman–Crippen LogP) is 3.72. The molecule has 4 heterocycles. The number of phenols is 1. The van der Waals surface area contributed by atoms with E-state index in [1.54, 1.807) is 0 Å². The van der Waals surface area contributed by atoms with Crippen LogP contribution in [0.1, 0.15) is 18.4 Å². The van der Waals surface area contributed by atoms with E-state index in [1.165, 1.54) is 36.5 Å².